The molecule has 9 nitrogen and oxygen atoms in total. The molecule has 0 saturated carbocycles. The van der Waals surface area contributed by atoms with Crippen LogP contribution >= 0.6 is 0 Å². The van der Waals surface area contributed by atoms with E-state index in [9.17, 15) is 18.0 Å². The minimum Gasteiger partial charge on any atom is -0.497 e. The van der Waals surface area contributed by atoms with Crippen LogP contribution in [-0.2, 0) is 26.2 Å². The second kappa shape index (κ2) is 12.4. The minimum atomic E-state index is -3.81. The summed E-state index contributed by atoms with van der Waals surface area (Å²) in [6, 6.07) is 12.7. The Kier molecular flexibility index (Phi) is 9.94. The van der Waals surface area contributed by atoms with Crippen LogP contribution < -0.4 is 19.1 Å². The molecular weight excluding hydrogens is 470 g/mol. The van der Waals surface area contributed by atoms with E-state index in [2.05, 4.69) is 5.32 Å². The number of methoxy groups -OCH3 is 2. The molecule has 0 bridgehead atoms. The van der Waals surface area contributed by atoms with Crippen molar-refractivity contribution in [2.75, 3.05) is 31.3 Å². The van der Waals surface area contributed by atoms with Crippen LogP contribution in [0.3, 0.4) is 0 Å². The van der Waals surface area contributed by atoms with E-state index in [0.29, 0.717) is 17.2 Å². The molecule has 2 rings (SSSR count). The van der Waals surface area contributed by atoms with Gasteiger partial charge >= 0.3 is 0 Å². The first-order valence-electron chi connectivity index (χ1n) is 11.3. The maximum Gasteiger partial charge on any atom is 0.244 e. The van der Waals surface area contributed by atoms with Gasteiger partial charge in [-0.1, -0.05) is 25.1 Å². The van der Waals surface area contributed by atoms with Gasteiger partial charge in [-0.25, -0.2) is 8.42 Å². The maximum atomic E-state index is 13.6. The van der Waals surface area contributed by atoms with Gasteiger partial charge in [0.1, 0.15) is 24.1 Å². The lowest BCUT2D eigenvalue weighted by Crippen LogP contribution is -2.52. The fraction of sp³-hybridized carbons (Fsp3) is 0.440. The zero-order chi connectivity index (χ0) is 26.2. The number of nitrogens with zero attached hydrogens (tertiary/aromatic N) is 2. The first-order valence-corrected chi connectivity index (χ1v) is 13.2. The third-order valence-corrected chi connectivity index (χ3v) is 6.82. The van der Waals surface area contributed by atoms with Crippen LogP contribution in [-0.4, -0.2) is 64.2 Å². The van der Waals surface area contributed by atoms with Crippen LogP contribution in [0.2, 0.25) is 0 Å². The van der Waals surface area contributed by atoms with Crippen molar-refractivity contribution < 1.29 is 27.5 Å². The number of carbonyl (C=O) groups is 2. The second-order valence-corrected chi connectivity index (χ2v) is 10.2. The third kappa shape index (κ3) is 7.88. The van der Waals surface area contributed by atoms with Gasteiger partial charge in [0.2, 0.25) is 21.8 Å². The number of anilines is 1. The van der Waals surface area contributed by atoms with Crippen molar-refractivity contribution in [2.45, 2.75) is 45.8 Å². The number of benzene rings is 2. The number of hydrogen-bond donors (Lipinski definition) is 1. The summed E-state index contributed by atoms with van der Waals surface area (Å²) in [4.78, 5) is 27.9. The number of hydrogen-bond acceptors (Lipinski definition) is 6. The van der Waals surface area contributed by atoms with E-state index in [-0.39, 0.29) is 18.5 Å². The fourth-order valence-electron chi connectivity index (χ4n) is 3.39. The summed E-state index contributed by atoms with van der Waals surface area (Å²) < 4.78 is 36.8. The van der Waals surface area contributed by atoms with Gasteiger partial charge in [-0.05, 0) is 50.1 Å². The van der Waals surface area contributed by atoms with Crippen molar-refractivity contribution in [1.82, 2.24) is 10.2 Å². The third-order valence-electron chi connectivity index (χ3n) is 5.68. The zero-order valence-corrected chi connectivity index (χ0v) is 22.0. The van der Waals surface area contributed by atoms with Gasteiger partial charge in [0, 0.05) is 18.7 Å². The molecule has 1 N–H and O–H groups in total. The Morgan fingerprint density at radius 2 is 1.60 bits per heavy atom. The fourth-order valence-corrected chi connectivity index (χ4v) is 4.24. The average molecular weight is 506 g/mol. The number of ether oxygens (including phenoxy) is 2. The highest BCUT2D eigenvalue weighted by Gasteiger charge is 2.30. The van der Waals surface area contributed by atoms with Crippen molar-refractivity contribution in [3.8, 4) is 11.5 Å². The van der Waals surface area contributed by atoms with Crippen molar-refractivity contribution >= 4 is 27.5 Å². The first-order chi connectivity index (χ1) is 16.5. The maximum absolute atomic E-state index is 13.6. The number of sulfonamides is 1. The van der Waals surface area contributed by atoms with Gasteiger partial charge in [-0.2, -0.15) is 0 Å². The van der Waals surface area contributed by atoms with Crippen molar-refractivity contribution in [2.24, 2.45) is 0 Å². The average Bonchev–Trinajstić information content (AvgIpc) is 2.84. The van der Waals surface area contributed by atoms with E-state index >= 15 is 0 Å². The Morgan fingerprint density at radius 1 is 1.00 bits per heavy atom. The van der Waals surface area contributed by atoms with Crippen LogP contribution in [0.15, 0.2) is 48.5 Å². The molecule has 0 fully saturated rings. The van der Waals surface area contributed by atoms with E-state index in [4.69, 9.17) is 9.47 Å². The van der Waals surface area contributed by atoms with E-state index in [1.165, 1.54) is 12.0 Å². The molecule has 0 radical (unpaired) electrons. The second-order valence-electron chi connectivity index (χ2n) is 8.34. The van der Waals surface area contributed by atoms with Gasteiger partial charge in [0.05, 0.1) is 26.2 Å². The molecule has 0 aliphatic heterocycles. The van der Waals surface area contributed by atoms with E-state index < -0.39 is 28.5 Å². The Hall–Kier alpha value is -3.27. The predicted molar refractivity (Wildman–Crippen MR) is 136 cm³/mol. The van der Waals surface area contributed by atoms with Gasteiger partial charge in [0.15, 0.2) is 0 Å². The SMILES string of the molecule is CC[C@H](C)NC(=O)[C@@H](C)N(Cc1cccc(OC)c1)C(=O)CN(c1cccc(OC)c1)S(C)(=O)=O. The summed E-state index contributed by atoms with van der Waals surface area (Å²) in [5.74, 6) is 0.231. The quantitative estimate of drug-likeness (QED) is 0.476. The molecule has 0 aromatic heterocycles. The minimum absolute atomic E-state index is 0.0666. The number of carbonyl (C=O) groups excluding carboxylic acids is 2. The van der Waals surface area contributed by atoms with E-state index in [1.54, 1.807) is 56.5 Å². The summed E-state index contributed by atoms with van der Waals surface area (Å²) >= 11 is 0. The van der Waals surface area contributed by atoms with Gasteiger partial charge in [-0.15, -0.1) is 0 Å². The Bertz CT molecular complexity index is 1120. The summed E-state index contributed by atoms with van der Waals surface area (Å²) in [5.41, 5.74) is 1.03. The summed E-state index contributed by atoms with van der Waals surface area (Å²) in [6.45, 7) is 5.09. The Labute approximate surface area is 208 Å². The molecule has 2 aromatic carbocycles. The molecular formula is C25H35N3O6S. The van der Waals surface area contributed by atoms with Crippen LogP contribution in [0, 0.1) is 0 Å². The van der Waals surface area contributed by atoms with Crippen molar-refractivity contribution in [3.63, 3.8) is 0 Å². The van der Waals surface area contributed by atoms with Gasteiger partial charge in [-0.3, -0.25) is 13.9 Å². The largest absolute Gasteiger partial charge is 0.497 e. The van der Waals surface area contributed by atoms with Crippen molar-refractivity contribution in [1.29, 1.82) is 0 Å². The molecule has 0 heterocycles. The molecule has 10 heteroatoms. The molecule has 2 atom stereocenters. The highest BCUT2D eigenvalue weighted by Crippen LogP contribution is 2.24. The molecule has 0 saturated heterocycles. The number of nitrogens with one attached hydrogen (secondary N) is 1. The molecule has 0 unspecified atom stereocenters. The van der Waals surface area contributed by atoms with E-state index in [1.807, 2.05) is 19.9 Å². The molecule has 2 amide bonds. The monoisotopic (exact) mass is 505 g/mol. The summed E-state index contributed by atoms with van der Waals surface area (Å²) in [5, 5.41) is 2.90. The number of rotatable bonds is 12. The van der Waals surface area contributed by atoms with Crippen LogP contribution in [0.4, 0.5) is 5.69 Å². The molecule has 0 aliphatic carbocycles. The topological polar surface area (TPSA) is 105 Å². The standard InChI is InChI=1S/C25H35N3O6S/c1-7-18(2)26-25(30)19(3)27(16-20-10-8-12-22(14-20)33-4)24(29)17-28(35(6,31)32)21-11-9-13-23(15-21)34-5/h8-15,18-19H,7,16-17H2,1-6H3,(H,26,30)/t18-,19+/m0/s1. The molecule has 35 heavy (non-hydrogen) atoms. The lowest BCUT2D eigenvalue weighted by Gasteiger charge is -2.32. The zero-order valence-electron chi connectivity index (χ0n) is 21.1. The molecule has 0 aliphatic rings. The Balaban J connectivity index is 2.41. The highest BCUT2D eigenvalue weighted by atomic mass is 32.2. The summed E-state index contributed by atoms with van der Waals surface area (Å²) in [6.07, 6.45) is 1.77. The summed E-state index contributed by atoms with van der Waals surface area (Å²) in [7, 11) is -0.796. The highest BCUT2D eigenvalue weighted by molar-refractivity contribution is 7.92. The molecule has 192 valence electrons. The van der Waals surface area contributed by atoms with Crippen LogP contribution in [0.25, 0.3) is 0 Å². The smallest absolute Gasteiger partial charge is 0.244 e. The lowest BCUT2D eigenvalue weighted by molar-refractivity contribution is -0.139. The van der Waals surface area contributed by atoms with Crippen LogP contribution in [0.1, 0.15) is 32.8 Å². The Morgan fingerprint density at radius 3 is 2.17 bits per heavy atom. The lowest BCUT2D eigenvalue weighted by atomic mass is 10.1. The number of amides is 2. The molecule has 0 spiro atoms. The van der Waals surface area contributed by atoms with Crippen molar-refractivity contribution in [3.05, 3.63) is 54.1 Å². The predicted octanol–water partition coefficient (Wildman–Crippen LogP) is 2.80. The van der Waals surface area contributed by atoms with E-state index in [0.717, 1.165) is 22.5 Å². The first kappa shape index (κ1) is 28.0. The normalized spacial score (nSPS) is 12.9. The van der Waals surface area contributed by atoms with Gasteiger partial charge in [0.25, 0.3) is 0 Å². The van der Waals surface area contributed by atoms with Gasteiger partial charge < -0.3 is 19.7 Å². The van der Waals surface area contributed by atoms with Crippen LogP contribution in [0.5, 0.6) is 11.5 Å². The molecule has 2 aromatic rings.